The molecule has 0 unspecified atom stereocenters. The van der Waals surface area contributed by atoms with E-state index < -0.39 is 0 Å². The summed E-state index contributed by atoms with van der Waals surface area (Å²) in [4.78, 5) is 7.29. The van der Waals surface area contributed by atoms with Gasteiger partial charge < -0.3 is 9.72 Å². The van der Waals surface area contributed by atoms with Gasteiger partial charge in [0.15, 0.2) is 0 Å². The van der Waals surface area contributed by atoms with Crippen LogP contribution in [0.15, 0.2) is 36.5 Å². The lowest BCUT2D eigenvalue weighted by Crippen LogP contribution is -2.28. The van der Waals surface area contributed by atoms with E-state index in [0.717, 1.165) is 61.7 Å². The van der Waals surface area contributed by atoms with Crippen molar-refractivity contribution in [2.45, 2.75) is 13.0 Å². The zero-order chi connectivity index (χ0) is 18.1. The van der Waals surface area contributed by atoms with E-state index in [1.807, 2.05) is 36.5 Å². The summed E-state index contributed by atoms with van der Waals surface area (Å²) in [6.45, 7) is 4.93. The summed E-state index contributed by atoms with van der Waals surface area (Å²) < 4.78 is 2.08. The van der Waals surface area contributed by atoms with Gasteiger partial charge in [-0.1, -0.05) is 40.9 Å². The Morgan fingerprint density at radius 1 is 1.00 bits per heavy atom. The van der Waals surface area contributed by atoms with Crippen LogP contribution in [0.4, 0.5) is 0 Å². The predicted octanol–water partition coefficient (Wildman–Crippen LogP) is 4.76. The van der Waals surface area contributed by atoms with Gasteiger partial charge in [0.05, 0.1) is 26.5 Å². The fraction of sp³-hybridized carbons (Fsp3) is 0.316. The zero-order valence-electron chi connectivity index (χ0n) is 14.2. The molecule has 1 aliphatic heterocycles. The summed E-state index contributed by atoms with van der Waals surface area (Å²) in [5, 5.41) is 5.21. The third-order valence-electron chi connectivity index (χ3n) is 4.68. The quantitative estimate of drug-likeness (QED) is 0.677. The van der Waals surface area contributed by atoms with Gasteiger partial charge in [0.2, 0.25) is 0 Å². The van der Waals surface area contributed by atoms with Gasteiger partial charge in [-0.25, -0.2) is 4.98 Å². The second kappa shape index (κ2) is 7.75. The molecule has 2 aromatic heterocycles. The van der Waals surface area contributed by atoms with Gasteiger partial charge in [-0.15, -0.1) is 0 Å². The van der Waals surface area contributed by atoms with Crippen LogP contribution in [0.25, 0.3) is 16.9 Å². The number of imidazole rings is 1. The van der Waals surface area contributed by atoms with Crippen molar-refractivity contribution < 1.29 is 0 Å². The highest BCUT2D eigenvalue weighted by atomic mass is 35.5. The van der Waals surface area contributed by atoms with E-state index in [2.05, 4.69) is 14.6 Å². The zero-order valence-corrected chi connectivity index (χ0v) is 16.5. The molecule has 0 bridgehead atoms. The number of fused-ring (bicyclic) bond motifs is 1. The van der Waals surface area contributed by atoms with Crippen LogP contribution >= 0.6 is 34.8 Å². The first-order valence-corrected chi connectivity index (χ1v) is 9.80. The second-order valence-electron chi connectivity index (χ2n) is 6.49. The monoisotopic (exact) mass is 408 g/mol. The Kier molecular flexibility index (Phi) is 5.39. The minimum atomic E-state index is 0.532. The van der Waals surface area contributed by atoms with Gasteiger partial charge in [-0.2, -0.15) is 0 Å². The molecule has 4 rings (SSSR count). The van der Waals surface area contributed by atoms with Crippen molar-refractivity contribution in [1.82, 2.24) is 19.6 Å². The van der Waals surface area contributed by atoms with E-state index in [4.69, 9.17) is 39.8 Å². The topological polar surface area (TPSA) is 32.6 Å². The van der Waals surface area contributed by atoms with Crippen LogP contribution in [0.1, 0.15) is 12.1 Å². The van der Waals surface area contributed by atoms with Gasteiger partial charge in [0, 0.05) is 31.4 Å². The first kappa shape index (κ1) is 18.1. The average Bonchev–Trinajstić information content (AvgIpc) is 2.80. The average molecular weight is 410 g/mol. The molecule has 1 N–H and O–H groups in total. The smallest absolute Gasteiger partial charge is 0.137 e. The molecular formula is C19H19Cl3N4. The van der Waals surface area contributed by atoms with Crippen molar-refractivity contribution in [2.24, 2.45) is 0 Å². The fourth-order valence-electron chi connectivity index (χ4n) is 3.36. The van der Waals surface area contributed by atoms with E-state index in [-0.39, 0.29) is 0 Å². The molecule has 0 aliphatic carbocycles. The van der Waals surface area contributed by atoms with Crippen LogP contribution in [0.5, 0.6) is 0 Å². The molecule has 0 saturated carbocycles. The van der Waals surface area contributed by atoms with Crippen molar-refractivity contribution in [2.75, 3.05) is 26.2 Å². The summed E-state index contributed by atoms with van der Waals surface area (Å²) in [7, 11) is 0. The fourth-order valence-corrected chi connectivity index (χ4v) is 3.82. The Labute approximate surface area is 167 Å². The number of aromatic nitrogens is 2. The van der Waals surface area contributed by atoms with Crippen LogP contribution in [0.2, 0.25) is 15.1 Å². The van der Waals surface area contributed by atoms with Gasteiger partial charge in [-0.05, 0) is 43.8 Å². The summed E-state index contributed by atoms with van der Waals surface area (Å²) in [6.07, 6.45) is 3.07. The minimum absolute atomic E-state index is 0.532. The first-order chi connectivity index (χ1) is 12.6. The Balaban J connectivity index is 1.81. The maximum Gasteiger partial charge on any atom is 0.137 e. The van der Waals surface area contributed by atoms with E-state index >= 15 is 0 Å². The van der Waals surface area contributed by atoms with Gasteiger partial charge >= 0.3 is 0 Å². The summed E-state index contributed by atoms with van der Waals surface area (Å²) >= 11 is 18.6. The number of benzene rings is 1. The predicted molar refractivity (Wildman–Crippen MR) is 108 cm³/mol. The van der Waals surface area contributed by atoms with Crippen molar-refractivity contribution in [1.29, 1.82) is 0 Å². The Hall–Kier alpha value is -1.30. The molecule has 3 heterocycles. The number of rotatable bonds is 3. The van der Waals surface area contributed by atoms with Crippen LogP contribution in [0.3, 0.4) is 0 Å². The molecule has 0 radical (unpaired) electrons. The van der Waals surface area contributed by atoms with E-state index in [0.29, 0.717) is 15.1 Å². The normalized spacial score (nSPS) is 16.1. The van der Waals surface area contributed by atoms with Crippen LogP contribution in [-0.4, -0.2) is 40.5 Å². The molecular weight excluding hydrogens is 391 g/mol. The molecule has 1 saturated heterocycles. The molecule has 7 heteroatoms. The SMILES string of the molecule is Clc1ccc2nc(-c3ccc(Cl)c(Cl)c3)c(CN3CCCNCC3)n2c1. The van der Waals surface area contributed by atoms with Crippen LogP contribution in [0, 0.1) is 0 Å². The summed E-state index contributed by atoms with van der Waals surface area (Å²) in [5.41, 5.74) is 3.87. The van der Waals surface area contributed by atoms with Crippen molar-refractivity contribution in [3.63, 3.8) is 0 Å². The highest BCUT2D eigenvalue weighted by molar-refractivity contribution is 6.42. The maximum atomic E-state index is 6.25. The maximum absolute atomic E-state index is 6.25. The molecule has 1 aliphatic rings. The number of hydrogen-bond acceptors (Lipinski definition) is 3. The van der Waals surface area contributed by atoms with Gasteiger partial charge in [0.1, 0.15) is 5.65 Å². The largest absolute Gasteiger partial charge is 0.315 e. The molecule has 0 amide bonds. The molecule has 0 spiro atoms. The number of nitrogens with zero attached hydrogens (tertiary/aromatic N) is 3. The highest BCUT2D eigenvalue weighted by Gasteiger charge is 2.19. The van der Waals surface area contributed by atoms with E-state index in [1.165, 1.54) is 0 Å². The first-order valence-electron chi connectivity index (χ1n) is 8.67. The van der Waals surface area contributed by atoms with Gasteiger partial charge in [0.25, 0.3) is 0 Å². The molecule has 26 heavy (non-hydrogen) atoms. The number of halogens is 3. The minimum Gasteiger partial charge on any atom is -0.315 e. The lowest BCUT2D eigenvalue weighted by atomic mass is 10.1. The Morgan fingerprint density at radius 2 is 1.88 bits per heavy atom. The highest BCUT2D eigenvalue weighted by Crippen LogP contribution is 2.31. The third kappa shape index (κ3) is 3.71. The molecule has 1 fully saturated rings. The molecule has 3 aromatic rings. The summed E-state index contributed by atoms with van der Waals surface area (Å²) in [5.74, 6) is 0. The van der Waals surface area contributed by atoms with Crippen LogP contribution in [-0.2, 0) is 6.54 Å². The molecule has 4 nitrogen and oxygen atoms in total. The molecule has 0 atom stereocenters. The number of nitrogens with one attached hydrogen (secondary N) is 1. The van der Waals surface area contributed by atoms with Crippen molar-refractivity contribution in [3.8, 4) is 11.3 Å². The van der Waals surface area contributed by atoms with E-state index in [9.17, 15) is 0 Å². The second-order valence-corrected chi connectivity index (χ2v) is 7.74. The lowest BCUT2D eigenvalue weighted by molar-refractivity contribution is 0.281. The number of hydrogen-bond donors (Lipinski definition) is 1. The Morgan fingerprint density at radius 3 is 2.73 bits per heavy atom. The summed E-state index contributed by atoms with van der Waals surface area (Å²) in [6, 6.07) is 9.46. The standard InChI is InChI=1S/C19H19Cl3N4/c20-14-3-5-18-24-19(13-2-4-15(21)16(22)10-13)17(26(18)11-14)12-25-8-1-6-23-7-9-25/h2-5,10-11,23H,1,6-9,12H2. The lowest BCUT2D eigenvalue weighted by Gasteiger charge is -2.20. The van der Waals surface area contributed by atoms with Crippen molar-refractivity contribution >= 4 is 40.4 Å². The van der Waals surface area contributed by atoms with Crippen molar-refractivity contribution in [3.05, 3.63) is 57.3 Å². The molecule has 136 valence electrons. The Bertz CT molecular complexity index is 930. The van der Waals surface area contributed by atoms with E-state index in [1.54, 1.807) is 0 Å². The van der Waals surface area contributed by atoms with Crippen LogP contribution < -0.4 is 5.32 Å². The third-order valence-corrected chi connectivity index (χ3v) is 5.64. The van der Waals surface area contributed by atoms with Gasteiger partial charge in [-0.3, -0.25) is 4.90 Å². The molecule has 1 aromatic carbocycles. The number of pyridine rings is 1.